The van der Waals surface area contributed by atoms with E-state index in [1.807, 2.05) is 0 Å². The van der Waals surface area contributed by atoms with Crippen LogP contribution in [-0.2, 0) is 47.2 Å². The molecule has 0 radical (unpaired) electrons. The first kappa shape index (κ1) is 45.8. The summed E-state index contributed by atoms with van der Waals surface area (Å²) >= 11 is -1.11. The molecule has 0 saturated heterocycles. The van der Waals surface area contributed by atoms with E-state index in [4.69, 9.17) is 47.9 Å². The first-order chi connectivity index (χ1) is 27.0. The number of hydrogen-bond donors (Lipinski definition) is 0. The minimum absolute atomic E-state index is 0.279. The van der Waals surface area contributed by atoms with Crippen LogP contribution in [0.25, 0.3) is 28.4 Å². The van der Waals surface area contributed by atoms with Gasteiger partial charge in [-0.15, -0.1) is 26.2 Å². The molecule has 8 heteroatoms. The second-order valence-electron chi connectivity index (χ2n) is 13.4. The maximum atomic E-state index is 4.89. The van der Waals surface area contributed by atoms with Gasteiger partial charge in [-0.3, -0.25) is 0 Å². The van der Waals surface area contributed by atoms with Gasteiger partial charge in [-0.1, -0.05) is 190 Å². The van der Waals surface area contributed by atoms with E-state index in [0.717, 1.165) is 26.2 Å². The molecule has 0 heterocycles. The van der Waals surface area contributed by atoms with Gasteiger partial charge in [0, 0.05) is 11.8 Å². The van der Waals surface area contributed by atoms with Crippen LogP contribution in [0, 0.1) is 0 Å². The summed E-state index contributed by atoms with van der Waals surface area (Å²) in [4.78, 5) is 0. The normalized spacial score (nSPS) is 14.7. The number of benzene rings is 5. The van der Waals surface area contributed by atoms with Crippen LogP contribution < -0.4 is 0 Å². The standard InChI is InChI=1S/C26H26N.C21H24N.4ClH.2Ti/c1-2-3-17-27-19-22-14-8-10-16-24(22)26-23-15-9-7-13-21(23)18-25(26)20-11-5-4-6-12-20;1-3-4-13-22-15-18-10-6-8-12-20(18)21-16(2)14-17-9-5-7-11-19(17)21;;;;;;/h4-16,18,26H,2-3,17,19H2,1H3;5-12,14,21H,3-4,13,15H2,1-2H3;4*1H;;/q2*-1;;;;;2*+2/p-4. The molecule has 0 bridgehead atoms. The number of fused-ring (bicyclic) bond motifs is 2. The molecule has 5 aromatic rings. The summed E-state index contributed by atoms with van der Waals surface area (Å²) in [7, 11) is 19.6. The van der Waals surface area contributed by atoms with Gasteiger partial charge in [-0.05, 0) is 57.5 Å². The predicted molar refractivity (Wildman–Crippen MR) is 235 cm³/mol. The Balaban J connectivity index is 0.000000218. The molecular formula is C47H50Cl4N2Ti2-2. The van der Waals surface area contributed by atoms with Crippen LogP contribution in [0.4, 0.5) is 0 Å². The fourth-order valence-electron chi connectivity index (χ4n) is 7.29. The molecule has 2 unspecified atom stereocenters. The van der Waals surface area contributed by atoms with Gasteiger partial charge in [0.1, 0.15) is 0 Å². The topological polar surface area (TPSA) is 28.2 Å². The van der Waals surface area contributed by atoms with Gasteiger partial charge in [0.25, 0.3) is 0 Å². The molecule has 0 spiro atoms. The second-order valence-corrected chi connectivity index (χ2v) is 18.6. The third-order valence-corrected chi connectivity index (χ3v) is 9.82. The Morgan fingerprint density at radius 2 is 0.891 bits per heavy atom. The molecule has 286 valence electrons. The second kappa shape index (κ2) is 26.2. The molecule has 0 aromatic heterocycles. The first-order valence-corrected chi connectivity index (χ1v) is 27.6. The summed E-state index contributed by atoms with van der Waals surface area (Å²) in [6, 6.07) is 45.9. The summed E-state index contributed by atoms with van der Waals surface area (Å²) in [5.41, 5.74) is 15.2. The van der Waals surface area contributed by atoms with Crippen LogP contribution >= 0.6 is 37.2 Å². The van der Waals surface area contributed by atoms with E-state index in [-0.39, 0.29) is 5.92 Å². The van der Waals surface area contributed by atoms with E-state index < -0.39 is 34.1 Å². The van der Waals surface area contributed by atoms with Gasteiger partial charge in [0.2, 0.25) is 0 Å². The molecule has 0 fully saturated rings. The van der Waals surface area contributed by atoms with E-state index >= 15 is 0 Å². The van der Waals surface area contributed by atoms with Crippen LogP contribution in [0.3, 0.4) is 0 Å². The Labute approximate surface area is 363 Å². The zero-order chi connectivity index (χ0) is 39.3. The molecule has 0 N–H and O–H groups in total. The summed E-state index contributed by atoms with van der Waals surface area (Å²) in [6.45, 7) is 10.2. The number of unbranched alkanes of at least 4 members (excludes halogenated alkanes) is 2. The van der Waals surface area contributed by atoms with Crippen molar-refractivity contribution in [2.45, 2.75) is 71.4 Å². The maximum absolute atomic E-state index is 4.89. The molecule has 0 amide bonds. The molecule has 5 aromatic carbocycles. The van der Waals surface area contributed by atoms with Crippen LogP contribution in [-0.4, -0.2) is 13.1 Å². The van der Waals surface area contributed by atoms with Gasteiger partial charge < -0.3 is 10.6 Å². The van der Waals surface area contributed by atoms with Crippen molar-refractivity contribution in [3.8, 4) is 0 Å². The monoisotopic (exact) mass is 878 g/mol. The third-order valence-electron chi connectivity index (χ3n) is 9.82. The molecule has 0 aliphatic heterocycles. The summed E-state index contributed by atoms with van der Waals surface area (Å²) in [6.07, 6.45) is 9.45. The van der Waals surface area contributed by atoms with Crippen molar-refractivity contribution in [3.05, 3.63) is 194 Å². The molecule has 2 aliphatic carbocycles. The Morgan fingerprint density at radius 1 is 0.491 bits per heavy atom. The van der Waals surface area contributed by atoms with Crippen LogP contribution in [0.5, 0.6) is 0 Å². The Kier molecular flexibility index (Phi) is 21.8. The fourth-order valence-corrected chi connectivity index (χ4v) is 7.29. The Bertz CT molecular complexity index is 1930. The Hall–Kier alpha value is -1.91. The molecule has 0 saturated carbocycles. The van der Waals surface area contributed by atoms with Crippen molar-refractivity contribution in [2.75, 3.05) is 13.1 Å². The fraction of sp³-hybridized carbons (Fsp3) is 0.277. The van der Waals surface area contributed by atoms with Crippen molar-refractivity contribution >= 4 is 54.9 Å². The number of halogens is 4. The van der Waals surface area contributed by atoms with Crippen molar-refractivity contribution in [3.63, 3.8) is 0 Å². The molecule has 7 rings (SSSR count). The summed E-state index contributed by atoms with van der Waals surface area (Å²) in [5.74, 6) is 0.676. The number of nitrogens with zero attached hydrogens (tertiary/aromatic N) is 2. The van der Waals surface area contributed by atoms with Crippen molar-refractivity contribution in [2.24, 2.45) is 0 Å². The predicted octanol–water partition coefficient (Wildman–Crippen LogP) is 15.7. The van der Waals surface area contributed by atoms with Crippen LogP contribution in [0.15, 0.2) is 133 Å². The van der Waals surface area contributed by atoms with Gasteiger partial charge in [0.15, 0.2) is 0 Å². The van der Waals surface area contributed by atoms with E-state index in [9.17, 15) is 0 Å². The van der Waals surface area contributed by atoms with E-state index in [1.165, 1.54) is 86.9 Å². The zero-order valence-electron chi connectivity index (χ0n) is 32.0. The van der Waals surface area contributed by atoms with Gasteiger partial charge in [0.05, 0.1) is 0 Å². The molecule has 55 heavy (non-hydrogen) atoms. The van der Waals surface area contributed by atoms with Crippen molar-refractivity contribution < 1.29 is 34.1 Å². The number of hydrogen-bond acceptors (Lipinski definition) is 0. The average molecular weight is 880 g/mol. The SMILES string of the molecule is CCCC[N-]Cc1ccccc1C1C(C)=Cc2ccccc21.CCCC[N-]Cc1ccccc1C1C(c2ccccc2)=Cc2ccccc21.[Cl][Ti][Cl].[Cl][Ti][Cl]. The van der Waals surface area contributed by atoms with E-state index in [0.29, 0.717) is 5.92 Å². The van der Waals surface area contributed by atoms with E-state index in [1.54, 1.807) is 0 Å². The van der Waals surface area contributed by atoms with Gasteiger partial charge >= 0.3 is 71.3 Å². The molecule has 2 aliphatic rings. The Morgan fingerprint density at radius 3 is 1.40 bits per heavy atom. The van der Waals surface area contributed by atoms with Crippen LogP contribution in [0.1, 0.15) is 108 Å². The van der Waals surface area contributed by atoms with Crippen LogP contribution in [0.2, 0.25) is 0 Å². The molecule has 2 nitrogen and oxygen atoms in total. The number of rotatable bonds is 13. The zero-order valence-corrected chi connectivity index (χ0v) is 38.1. The van der Waals surface area contributed by atoms with Gasteiger partial charge in [-0.2, -0.15) is 0 Å². The van der Waals surface area contributed by atoms with Crippen molar-refractivity contribution in [1.29, 1.82) is 0 Å². The summed E-state index contributed by atoms with van der Waals surface area (Å²) in [5, 5.41) is 9.52. The minimum atomic E-state index is -0.556. The number of allylic oxidation sites excluding steroid dienone is 2. The summed E-state index contributed by atoms with van der Waals surface area (Å²) < 4.78 is 0. The van der Waals surface area contributed by atoms with Gasteiger partial charge in [-0.25, -0.2) is 0 Å². The van der Waals surface area contributed by atoms with E-state index in [2.05, 4.69) is 160 Å². The third kappa shape index (κ3) is 13.6. The molecule has 2 atom stereocenters. The first-order valence-electron chi connectivity index (χ1n) is 19.0. The molecular weight excluding hydrogens is 830 g/mol. The quantitative estimate of drug-likeness (QED) is 0.0833. The average Bonchev–Trinajstić information content (AvgIpc) is 3.77. The van der Waals surface area contributed by atoms with Crippen molar-refractivity contribution in [1.82, 2.24) is 0 Å².